The van der Waals surface area contributed by atoms with Crippen molar-refractivity contribution in [2.75, 3.05) is 5.32 Å². The standard InChI is InChI=1S/C18H22FN3O2S2/c1-4-15(17(24)21-14-8-6-5-7-13(14)19)26-18-20-12(9-16(23)22-18)10-25-11(2)3/h5-9,11,15H,4,10H2,1-3H3,(H,21,24)(H,20,22,23). The fourth-order valence-corrected chi connectivity index (χ4v) is 3.68. The topological polar surface area (TPSA) is 74.8 Å². The molecule has 2 N–H and O–H groups in total. The molecule has 1 aromatic carbocycles. The second kappa shape index (κ2) is 9.78. The molecule has 26 heavy (non-hydrogen) atoms. The molecular weight excluding hydrogens is 373 g/mol. The van der Waals surface area contributed by atoms with Gasteiger partial charge in [-0.3, -0.25) is 9.59 Å². The average molecular weight is 396 g/mol. The monoisotopic (exact) mass is 395 g/mol. The van der Waals surface area contributed by atoms with Crippen molar-refractivity contribution < 1.29 is 9.18 Å². The molecule has 0 saturated heterocycles. The molecule has 1 unspecified atom stereocenters. The number of nitrogens with one attached hydrogen (secondary N) is 2. The summed E-state index contributed by atoms with van der Waals surface area (Å²) in [5, 5.41) is 2.93. The van der Waals surface area contributed by atoms with Crippen LogP contribution < -0.4 is 10.9 Å². The number of carbonyl (C=O) groups excluding carboxylic acids is 1. The molecule has 0 spiro atoms. The molecule has 1 aromatic heterocycles. The molecule has 140 valence electrons. The molecule has 8 heteroatoms. The van der Waals surface area contributed by atoms with Gasteiger partial charge in [0.25, 0.3) is 5.56 Å². The number of benzene rings is 1. The van der Waals surface area contributed by atoms with E-state index in [4.69, 9.17) is 0 Å². The number of rotatable bonds is 8. The second-order valence-electron chi connectivity index (χ2n) is 5.89. The SMILES string of the molecule is CCC(Sc1nc(CSC(C)C)cc(=O)[nH]1)C(=O)Nc1ccccc1F. The number of thioether (sulfide) groups is 2. The Morgan fingerprint density at radius 1 is 1.35 bits per heavy atom. The number of halogens is 1. The van der Waals surface area contributed by atoms with Crippen LogP contribution in [0.2, 0.25) is 0 Å². The Bertz CT molecular complexity index is 811. The van der Waals surface area contributed by atoms with E-state index in [-0.39, 0.29) is 17.2 Å². The summed E-state index contributed by atoms with van der Waals surface area (Å²) < 4.78 is 13.7. The van der Waals surface area contributed by atoms with E-state index < -0.39 is 11.1 Å². The molecule has 2 aromatic rings. The Morgan fingerprint density at radius 3 is 2.73 bits per heavy atom. The molecule has 0 bridgehead atoms. The fourth-order valence-electron chi connectivity index (χ4n) is 2.10. The summed E-state index contributed by atoms with van der Waals surface area (Å²) in [5.41, 5.74) is 0.575. The highest BCUT2D eigenvalue weighted by atomic mass is 32.2. The van der Waals surface area contributed by atoms with Crippen molar-refractivity contribution in [1.29, 1.82) is 0 Å². The maximum atomic E-state index is 13.7. The number of H-pyrrole nitrogens is 1. The van der Waals surface area contributed by atoms with Crippen LogP contribution in [0, 0.1) is 5.82 Å². The smallest absolute Gasteiger partial charge is 0.251 e. The van der Waals surface area contributed by atoms with Gasteiger partial charge in [0.05, 0.1) is 16.6 Å². The van der Waals surface area contributed by atoms with Gasteiger partial charge in [0, 0.05) is 11.8 Å². The Balaban J connectivity index is 2.10. The van der Waals surface area contributed by atoms with Gasteiger partial charge < -0.3 is 10.3 Å². The summed E-state index contributed by atoms with van der Waals surface area (Å²) in [7, 11) is 0. The molecule has 2 rings (SSSR count). The first kappa shape index (κ1) is 20.5. The predicted octanol–water partition coefficient (Wildman–Crippen LogP) is 4.06. The number of para-hydroxylation sites is 1. The number of hydrogen-bond donors (Lipinski definition) is 2. The Morgan fingerprint density at radius 2 is 2.08 bits per heavy atom. The minimum Gasteiger partial charge on any atom is -0.323 e. The van der Waals surface area contributed by atoms with Gasteiger partial charge in [-0.05, 0) is 23.8 Å². The highest BCUT2D eigenvalue weighted by Crippen LogP contribution is 2.24. The van der Waals surface area contributed by atoms with E-state index in [2.05, 4.69) is 29.1 Å². The zero-order valence-electron chi connectivity index (χ0n) is 14.9. The van der Waals surface area contributed by atoms with Crippen LogP contribution >= 0.6 is 23.5 Å². The predicted molar refractivity (Wildman–Crippen MR) is 106 cm³/mol. The number of aromatic amines is 1. The van der Waals surface area contributed by atoms with Crippen molar-refractivity contribution in [3.63, 3.8) is 0 Å². The van der Waals surface area contributed by atoms with Gasteiger partial charge >= 0.3 is 0 Å². The molecule has 5 nitrogen and oxygen atoms in total. The molecule has 0 aliphatic rings. The Hall–Kier alpha value is -1.80. The van der Waals surface area contributed by atoms with E-state index in [1.54, 1.807) is 23.9 Å². The largest absolute Gasteiger partial charge is 0.323 e. The van der Waals surface area contributed by atoms with Gasteiger partial charge in [-0.2, -0.15) is 11.8 Å². The summed E-state index contributed by atoms with van der Waals surface area (Å²) >= 11 is 2.86. The highest BCUT2D eigenvalue weighted by Gasteiger charge is 2.20. The third-order valence-corrected chi connectivity index (χ3v) is 5.76. The normalized spacial score (nSPS) is 12.2. The molecular formula is C18H22FN3O2S2. The zero-order valence-corrected chi connectivity index (χ0v) is 16.5. The van der Waals surface area contributed by atoms with Crippen LogP contribution in [0.15, 0.2) is 40.3 Å². The van der Waals surface area contributed by atoms with Crippen LogP contribution in [-0.2, 0) is 10.5 Å². The van der Waals surface area contributed by atoms with E-state index in [0.29, 0.717) is 28.3 Å². The number of hydrogen-bond acceptors (Lipinski definition) is 5. The van der Waals surface area contributed by atoms with Crippen LogP contribution in [0.1, 0.15) is 32.9 Å². The van der Waals surface area contributed by atoms with Gasteiger partial charge in [-0.25, -0.2) is 9.37 Å². The molecule has 1 atom stereocenters. The molecule has 0 aliphatic heterocycles. The van der Waals surface area contributed by atoms with Crippen molar-refractivity contribution >= 4 is 35.1 Å². The number of carbonyl (C=O) groups is 1. The van der Waals surface area contributed by atoms with Gasteiger partial charge in [0.2, 0.25) is 5.91 Å². The van der Waals surface area contributed by atoms with Crippen molar-refractivity contribution in [3.8, 4) is 0 Å². The number of anilines is 1. The van der Waals surface area contributed by atoms with Crippen LogP contribution in [0.5, 0.6) is 0 Å². The van der Waals surface area contributed by atoms with Gasteiger partial charge in [-0.15, -0.1) is 0 Å². The van der Waals surface area contributed by atoms with E-state index in [0.717, 1.165) is 0 Å². The minimum absolute atomic E-state index is 0.139. The third-order valence-electron chi connectivity index (χ3n) is 3.39. The lowest BCUT2D eigenvalue weighted by molar-refractivity contribution is -0.115. The summed E-state index contributed by atoms with van der Waals surface area (Å²) in [6.45, 7) is 6.01. The summed E-state index contributed by atoms with van der Waals surface area (Å²) in [6, 6.07) is 7.49. The first-order valence-corrected chi connectivity index (χ1v) is 10.3. The van der Waals surface area contributed by atoms with Crippen molar-refractivity contribution in [2.45, 2.75) is 48.6 Å². The van der Waals surface area contributed by atoms with E-state index in [9.17, 15) is 14.0 Å². The summed E-state index contributed by atoms with van der Waals surface area (Å²) in [5.74, 6) is -0.181. The second-order valence-corrected chi connectivity index (χ2v) is 8.64. The van der Waals surface area contributed by atoms with Crippen LogP contribution in [0.25, 0.3) is 0 Å². The van der Waals surface area contributed by atoms with Gasteiger partial charge in [0.1, 0.15) is 5.82 Å². The van der Waals surface area contributed by atoms with Crippen LogP contribution in [0.4, 0.5) is 10.1 Å². The average Bonchev–Trinajstić information content (AvgIpc) is 2.59. The maximum absolute atomic E-state index is 13.7. The first-order chi connectivity index (χ1) is 12.4. The van der Waals surface area contributed by atoms with Crippen LogP contribution in [0.3, 0.4) is 0 Å². The van der Waals surface area contributed by atoms with Crippen molar-refractivity contribution in [1.82, 2.24) is 9.97 Å². The number of aromatic nitrogens is 2. The minimum atomic E-state index is -0.495. The molecule has 0 radical (unpaired) electrons. The van der Waals surface area contributed by atoms with E-state index >= 15 is 0 Å². The van der Waals surface area contributed by atoms with E-state index in [1.165, 1.54) is 30.0 Å². The summed E-state index contributed by atoms with van der Waals surface area (Å²) in [6.07, 6.45) is 0.514. The zero-order chi connectivity index (χ0) is 19.1. The van der Waals surface area contributed by atoms with Crippen LogP contribution in [-0.4, -0.2) is 26.4 Å². The Labute approximate surface area is 160 Å². The van der Waals surface area contributed by atoms with E-state index in [1.807, 2.05) is 6.92 Å². The maximum Gasteiger partial charge on any atom is 0.251 e. The summed E-state index contributed by atoms with van der Waals surface area (Å²) in [4.78, 5) is 31.4. The third kappa shape index (κ3) is 6.17. The molecule has 0 fully saturated rings. The molecule has 0 aliphatic carbocycles. The van der Waals surface area contributed by atoms with Crippen molar-refractivity contribution in [3.05, 3.63) is 52.2 Å². The van der Waals surface area contributed by atoms with Gasteiger partial charge in [0.15, 0.2) is 5.16 Å². The van der Waals surface area contributed by atoms with Gasteiger partial charge in [-0.1, -0.05) is 44.7 Å². The highest BCUT2D eigenvalue weighted by molar-refractivity contribution is 8.00. The Kier molecular flexibility index (Phi) is 7.71. The lowest BCUT2D eigenvalue weighted by Crippen LogP contribution is -2.25. The van der Waals surface area contributed by atoms with Crippen molar-refractivity contribution in [2.24, 2.45) is 0 Å². The molecule has 1 heterocycles. The quantitative estimate of drug-likeness (QED) is 0.521. The molecule has 1 amide bonds. The lowest BCUT2D eigenvalue weighted by Gasteiger charge is -2.15. The lowest BCUT2D eigenvalue weighted by atomic mass is 10.2. The fraction of sp³-hybridized carbons (Fsp3) is 0.389. The molecule has 0 saturated carbocycles. The number of amides is 1. The first-order valence-electron chi connectivity index (χ1n) is 8.33. The number of nitrogens with zero attached hydrogens (tertiary/aromatic N) is 1.